The second kappa shape index (κ2) is 6.95. The van der Waals surface area contributed by atoms with E-state index in [-0.39, 0.29) is 0 Å². The van der Waals surface area contributed by atoms with Crippen molar-refractivity contribution in [3.63, 3.8) is 0 Å². The molecule has 2 rings (SSSR count). The maximum absolute atomic E-state index is 6.10. The summed E-state index contributed by atoms with van der Waals surface area (Å²) in [7, 11) is 0. The molecule has 3 heteroatoms. The van der Waals surface area contributed by atoms with Crippen molar-refractivity contribution in [3.8, 4) is 0 Å². The number of halogens is 2. The van der Waals surface area contributed by atoms with Gasteiger partial charge in [-0.3, -0.25) is 4.90 Å². The largest absolute Gasteiger partial charge is 0.295 e. The number of rotatable bonds is 3. The van der Waals surface area contributed by atoms with Crippen LogP contribution in [0.15, 0.2) is 24.3 Å². The molecule has 0 spiro atoms. The summed E-state index contributed by atoms with van der Waals surface area (Å²) in [4.78, 5) is 2.56. The molecule has 1 aromatic rings. The molecule has 0 bridgehead atoms. The molecular weight excluding hydrogens is 345 g/mol. The highest BCUT2D eigenvalue weighted by Gasteiger charge is 2.19. The average Bonchev–Trinajstić information content (AvgIpc) is 2.57. The molecule has 0 N–H and O–H groups in total. The summed E-state index contributed by atoms with van der Waals surface area (Å²) in [5, 5.41) is 0. The van der Waals surface area contributed by atoms with Crippen LogP contribution in [0.3, 0.4) is 0 Å². The zero-order valence-corrected chi connectivity index (χ0v) is 13.0. The number of likely N-dealkylation sites (tertiary alicyclic amines) is 1. The van der Waals surface area contributed by atoms with Crippen molar-refractivity contribution in [2.75, 3.05) is 12.4 Å². The van der Waals surface area contributed by atoms with Crippen LogP contribution in [0.5, 0.6) is 0 Å². The SMILES string of the molecule is ClCC1CCCCCN1Cc1ccc(I)cc1. The fourth-order valence-electron chi connectivity index (χ4n) is 2.44. The summed E-state index contributed by atoms with van der Waals surface area (Å²) < 4.78 is 1.30. The van der Waals surface area contributed by atoms with Crippen LogP contribution in [-0.2, 0) is 6.54 Å². The molecule has 0 saturated carbocycles. The summed E-state index contributed by atoms with van der Waals surface area (Å²) in [6.07, 6.45) is 5.27. The lowest BCUT2D eigenvalue weighted by Gasteiger charge is -2.28. The molecule has 1 aromatic carbocycles. The van der Waals surface area contributed by atoms with Crippen LogP contribution in [-0.4, -0.2) is 23.4 Å². The Hall–Kier alpha value is 0.200. The van der Waals surface area contributed by atoms with Crippen LogP contribution in [0.25, 0.3) is 0 Å². The summed E-state index contributed by atoms with van der Waals surface area (Å²) in [6.45, 7) is 2.25. The summed E-state index contributed by atoms with van der Waals surface area (Å²) in [5.41, 5.74) is 1.41. The molecule has 0 amide bonds. The van der Waals surface area contributed by atoms with E-state index in [0.717, 1.165) is 12.4 Å². The van der Waals surface area contributed by atoms with Gasteiger partial charge in [0.15, 0.2) is 0 Å². The summed E-state index contributed by atoms with van der Waals surface area (Å²) in [6, 6.07) is 9.40. The van der Waals surface area contributed by atoms with Crippen LogP contribution in [0.4, 0.5) is 0 Å². The van der Waals surface area contributed by atoms with Crippen LogP contribution in [0, 0.1) is 3.57 Å². The topological polar surface area (TPSA) is 3.24 Å². The van der Waals surface area contributed by atoms with E-state index in [4.69, 9.17) is 11.6 Å². The van der Waals surface area contributed by atoms with Crippen LogP contribution in [0.1, 0.15) is 31.2 Å². The third-order valence-corrected chi connectivity index (χ3v) is 4.55. The van der Waals surface area contributed by atoms with E-state index < -0.39 is 0 Å². The molecule has 1 aliphatic heterocycles. The number of benzene rings is 1. The standard InChI is InChI=1S/C14H19ClIN/c15-10-14-4-2-1-3-9-17(14)11-12-5-7-13(16)8-6-12/h5-8,14H,1-4,9-11H2. The Kier molecular flexibility index (Phi) is 5.57. The highest BCUT2D eigenvalue weighted by molar-refractivity contribution is 14.1. The zero-order valence-electron chi connectivity index (χ0n) is 10.0. The van der Waals surface area contributed by atoms with Crippen LogP contribution >= 0.6 is 34.2 Å². The van der Waals surface area contributed by atoms with Crippen LogP contribution in [0.2, 0.25) is 0 Å². The Bertz CT molecular complexity index is 339. The molecule has 1 heterocycles. The zero-order chi connectivity index (χ0) is 12.1. The van der Waals surface area contributed by atoms with Crippen molar-refractivity contribution in [1.82, 2.24) is 4.90 Å². The molecule has 1 nitrogen and oxygen atoms in total. The molecule has 1 fully saturated rings. The molecular formula is C14H19ClIN. The Morgan fingerprint density at radius 3 is 2.65 bits per heavy atom. The molecule has 1 atom stereocenters. The second-order valence-electron chi connectivity index (χ2n) is 4.75. The van der Waals surface area contributed by atoms with E-state index in [1.165, 1.54) is 41.4 Å². The molecule has 94 valence electrons. The first kappa shape index (κ1) is 13.6. The number of nitrogens with zero attached hydrogens (tertiary/aromatic N) is 1. The van der Waals surface area contributed by atoms with Gasteiger partial charge in [0.25, 0.3) is 0 Å². The van der Waals surface area contributed by atoms with Crippen molar-refractivity contribution in [1.29, 1.82) is 0 Å². The van der Waals surface area contributed by atoms with Gasteiger partial charge in [0.05, 0.1) is 0 Å². The highest BCUT2D eigenvalue weighted by atomic mass is 127. The normalized spacial score (nSPS) is 22.4. The first-order valence-electron chi connectivity index (χ1n) is 6.34. The van der Waals surface area contributed by atoms with Crippen molar-refractivity contribution in [2.24, 2.45) is 0 Å². The van der Waals surface area contributed by atoms with E-state index >= 15 is 0 Å². The van der Waals surface area contributed by atoms with E-state index in [2.05, 4.69) is 51.8 Å². The molecule has 0 aromatic heterocycles. The summed E-state index contributed by atoms with van der Waals surface area (Å²) >= 11 is 8.45. The van der Waals surface area contributed by atoms with E-state index in [9.17, 15) is 0 Å². The van der Waals surface area contributed by atoms with Gasteiger partial charge < -0.3 is 0 Å². The minimum absolute atomic E-state index is 0.568. The quantitative estimate of drug-likeness (QED) is 0.572. The van der Waals surface area contributed by atoms with Gasteiger partial charge in [0.2, 0.25) is 0 Å². The lowest BCUT2D eigenvalue weighted by atomic mass is 10.1. The summed E-state index contributed by atoms with van der Waals surface area (Å²) in [5.74, 6) is 0.768. The predicted molar refractivity (Wildman–Crippen MR) is 82.5 cm³/mol. The van der Waals surface area contributed by atoms with Crippen molar-refractivity contribution in [2.45, 2.75) is 38.3 Å². The Morgan fingerprint density at radius 2 is 1.94 bits per heavy atom. The second-order valence-corrected chi connectivity index (χ2v) is 6.31. The Labute approximate surface area is 123 Å². The van der Waals surface area contributed by atoms with E-state index in [0.29, 0.717) is 6.04 Å². The van der Waals surface area contributed by atoms with Crippen molar-refractivity contribution < 1.29 is 0 Å². The van der Waals surface area contributed by atoms with Gasteiger partial charge >= 0.3 is 0 Å². The Morgan fingerprint density at radius 1 is 1.18 bits per heavy atom. The smallest absolute Gasteiger partial charge is 0.0379 e. The van der Waals surface area contributed by atoms with Gasteiger partial charge in [-0.1, -0.05) is 25.0 Å². The minimum Gasteiger partial charge on any atom is -0.295 e. The number of alkyl halides is 1. The first-order chi connectivity index (χ1) is 8.29. The van der Waals surface area contributed by atoms with Crippen molar-refractivity contribution in [3.05, 3.63) is 33.4 Å². The third-order valence-electron chi connectivity index (χ3n) is 3.48. The lowest BCUT2D eigenvalue weighted by Crippen LogP contribution is -2.35. The molecule has 0 radical (unpaired) electrons. The van der Waals surface area contributed by atoms with Gasteiger partial charge in [-0.2, -0.15) is 0 Å². The molecule has 1 saturated heterocycles. The van der Waals surface area contributed by atoms with Gasteiger partial charge in [0.1, 0.15) is 0 Å². The van der Waals surface area contributed by atoms with Crippen molar-refractivity contribution >= 4 is 34.2 Å². The van der Waals surface area contributed by atoms with Crippen LogP contribution < -0.4 is 0 Å². The fraction of sp³-hybridized carbons (Fsp3) is 0.571. The van der Waals surface area contributed by atoms with Gasteiger partial charge in [-0.15, -0.1) is 11.6 Å². The third kappa shape index (κ3) is 4.11. The molecule has 1 aliphatic rings. The predicted octanol–water partition coefficient (Wildman–Crippen LogP) is 4.27. The molecule has 17 heavy (non-hydrogen) atoms. The van der Waals surface area contributed by atoms with Gasteiger partial charge in [0, 0.05) is 22.0 Å². The number of hydrogen-bond donors (Lipinski definition) is 0. The monoisotopic (exact) mass is 363 g/mol. The van der Waals surface area contributed by atoms with E-state index in [1.54, 1.807) is 0 Å². The first-order valence-corrected chi connectivity index (χ1v) is 7.95. The van der Waals surface area contributed by atoms with E-state index in [1.807, 2.05) is 0 Å². The van der Waals surface area contributed by atoms with Gasteiger partial charge in [-0.05, 0) is 59.7 Å². The maximum atomic E-state index is 6.10. The minimum atomic E-state index is 0.568. The maximum Gasteiger partial charge on any atom is 0.0379 e. The molecule has 0 aliphatic carbocycles. The average molecular weight is 364 g/mol. The fourth-order valence-corrected chi connectivity index (χ4v) is 3.15. The lowest BCUT2D eigenvalue weighted by molar-refractivity contribution is 0.207. The number of hydrogen-bond acceptors (Lipinski definition) is 1. The Balaban J connectivity index is 2.01. The molecule has 1 unspecified atom stereocenters. The highest BCUT2D eigenvalue weighted by Crippen LogP contribution is 2.20. The van der Waals surface area contributed by atoms with Gasteiger partial charge in [-0.25, -0.2) is 0 Å².